The summed E-state index contributed by atoms with van der Waals surface area (Å²) < 4.78 is 31.8. The quantitative estimate of drug-likeness (QED) is 0.536. The summed E-state index contributed by atoms with van der Waals surface area (Å²) in [5.41, 5.74) is 4.52. The first-order valence-electron chi connectivity index (χ1n) is 10.6. The number of hydrogen-bond acceptors (Lipinski definition) is 3. The number of rotatable bonds is 5. The predicted molar refractivity (Wildman–Crippen MR) is 123 cm³/mol. The Morgan fingerprint density at radius 2 is 1.67 bits per heavy atom. The van der Waals surface area contributed by atoms with E-state index in [1.807, 2.05) is 18.2 Å². The molecule has 1 atom stereocenters. The van der Waals surface area contributed by atoms with Crippen LogP contribution in [-0.4, -0.2) is 25.2 Å². The highest BCUT2D eigenvalue weighted by Gasteiger charge is 2.25. The van der Waals surface area contributed by atoms with Gasteiger partial charge in [-0.25, -0.2) is 13.6 Å². The number of methoxy groups -OCH3 is 1. The van der Waals surface area contributed by atoms with E-state index < -0.39 is 12.0 Å². The zero-order valence-electron chi connectivity index (χ0n) is 18.3. The molecule has 0 saturated heterocycles. The molecule has 0 saturated carbocycles. The fourth-order valence-corrected chi connectivity index (χ4v) is 4.10. The molecule has 7 heteroatoms. The molecule has 0 unspecified atom stereocenters. The van der Waals surface area contributed by atoms with E-state index in [0.29, 0.717) is 35.2 Å². The van der Waals surface area contributed by atoms with Gasteiger partial charge in [-0.05, 0) is 53.3 Å². The third kappa shape index (κ3) is 5.03. The number of hydrogen-bond donors (Lipinski definition) is 2. The number of anilines is 1. The molecule has 0 fully saturated rings. The summed E-state index contributed by atoms with van der Waals surface area (Å²) in [4.78, 5) is 24.6. The second-order valence-corrected chi connectivity index (χ2v) is 8.19. The van der Waals surface area contributed by atoms with Gasteiger partial charge in [0, 0.05) is 29.8 Å². The lowest BCUT2D eigenvalue weighted by Crippen LogP contribution is -2.35. The van der Waals surface area contributed by atoms with Crippen molar-refractivity contribution in [2.24, 2.45) is 0 Å². The molecule has 3 aromatic rings. The normalized spacial score (nSPS) is 15.0. The molecule has 4 rings (SSSR count). The Morgan fingerprint density at radius 1 is 0.970 bits per heavy atom. The summed E-state index contributed by atoms with van der Waals surface area (Å²) in [6, 6.07) is 18.7. The lowest BCUT2D eigenvalue weighted by Gasteiger charge is -2.14. The van der Waals surface area contributed by atoms with Crippen LogP contribution in [0.25, 0.3) is 11.1 Å². The number of carbonyl (C=O) groups excluding carboxylic acids is 2. The van der Waals surface area contributed by atoms with Crippen molar-refractivity contribution in [3.8, 4) is 11.1 Å². The topological polar surface area (TPSA) is 67.4 Å². The van der Waals surface area contributed by atoms with E-state index in [-0.39, 0.29) is 17.5 Å². The van der Waals surface area contributed by atoms with Gasteiger partial charge < -0.3 is 15.4 Å². The summed E-state index contributed by atoms with van der Waals surface area (Å²) in [6.45, 7) is 0.855. The van der Waals surface area contributed by atoms with Crippen molar-refractivity contribution in [1.29, 1.82) is 0 Å². The Labute approximate surface area is 190 Å². The lowest BCUT2D eigenvalue weighted by molar-refractivity contribution is 0.0175. The van der Waals surface area contributed by atoms with Gasteiger partial charge in [0.2, 0.25) is 0 Å². The van der Waals surface area contributed by atoms with E-state index in [0.717, 1.165) is 18.1 Å². The van der Waals surface area contributed by atoms with Gasteiger partial charge in [-0.2, -0.15) is 0 Å². The van der Waals surface area contributed by atoms with Crippen LogP contribution < -0.4 is 10.6 Å². The number of carbonyl (C=O) groups is 2. The van der Waals surface area contributed by atoms with Crippen LogP contribution in [-0.2, 0) is 23.5 Å². The second-order valence-electron chi connectivity index (χ2n) is 8.19. The van der Waals surface area contributed by atoms with Gasteiger partial charge in [-0.3, -0.25) is 4.79 Å². The Hall–Kier alpha value is -3.74. The summed E-state index contributed by atoms with van der Waals surface area (Å²) in [7, 11) is 1.33. The van der Waals surface area contributed by atoms with Gasteiger partial charge in [-0.15, -0.1) is 0 Å². The van der Waals surface area contributed by atoms with Gasteiger partial charge in [0.05, 0.1) is 7.11 Å². The minimum atomic E-state index is -2.92. The Balaban J connectivity index is 1.52. The van der Waals surface area contributed by atoms with Crippen molar-refractivity contribution in [1.82, 2.24) is 5.32 Å². The summed E-state index contributed by atoms with van der Waals surface area (Å²) in [5, 5.41) is 5.73. The molecule has 1 aliphatic rings. The van der Waals surface area contributed by atoms with Gasteiger partial charge >= 0.3 is 6.09 Å². The highest BCUT2D eigenvalue weighted by Crippen LogP contribution is 2.31. The number of amides is 2. The van der Waals surface area contributed by atoms with E-state index >= 15 is 0 Å². The third-order valence-corrected chi connectivity index (χ3v) is 5.78. The molecular weight excluding hydrogens is 426 g/mol. The van der Waals surface area contributed by atoms with Gasteiger partial charge in [-0.1, -0.05) is 48.5 Å². The molecule has 5 nitrogen and oxygen atoms in total. The van der Waals surface area contributed by atoms with Gasteiger partial charge in [0.15, 0.2) is 0 Å². The molecule has 0 spiro atoms. The molecule has 0 radical (unpaired) electrons. The van der Waals surface area contributed by atoms with Crippen LogP contribution in [0.4, 0.5) is 19.3 Å². The molecule has 1 aliphatic carbocycles. The Morgan fingerprint density at radius 3 is 2.36 bits per heavy atom. The first-order chi connectivity index (χ1) is 15.7. The molecule has 170 valence electrons. The molecule has 0 heterocycles. The first-order valence-corrected chi connectivity index (χ1v) is 10.6. The molecular formula is C26H24F2N2O3. The molecule has 2 N–H and O–H groups in total. The van der Waals surface area contributed by atoms with Crippen molar-refractivity contribution in [2.45, 2.75) is 31.7 Å². The zero-order valence-corrected chi connectivity index (χ0v) is 18.3. The average molecular weight is 450 g/mol. The molecule has 0 bridgehead atoms. The van der Waals surface area contributed by atoms with Crippen molar-refractivity contribution in [3.63, 3.8) is 0 Å². The maximum Gasteiger partial charge on any atom is 0.407 e. The number of fused-ring (bicyclic) bond motifs is 1. The van der Waals surface area contributed by atoms with E-state index in [2.05, 4.69) is 15.4 Å². The summed E-state index contributed by atoms with van der Waals surface area (Å²) in [5.74, 6) is -3.22. The highest BCUT2D eigenvalue weighted by atomic mass is 19.3. The second kappa shape index (κ2) is 9.02. The van der Waals surface area contributed by atoms with Crippen molar-refractivity contribution >= 4 is 17.7 Å². The fourth-order valence-electron chi connectivity index (χ4n) is 4.10. The van der Waals surface area contributed by atoms with Crippen LogP contribution >= 0.6 is 0 Å². The highest BCUT2D eigenvalue weighted by molar-refractivity contribution is 6.08. The van der Waals surface area contributed by atoms with E-state index in [4.69, 9.17) is 0 Å². The van der Waals surface area contributed by atoms with Crippen LogP contribution in [0.5, 0.6) is 0 Å². The number of nitrogens with one attached hydrogen (secondary N) is 2. The molecule has 33 heavy (non-hydrogen) atoms. The van der Waals surface area contributed by atoms with Gasteiger partial charge in [0.25, 0.3) is 11.8 Å². The number of benzene rings is 3. The molecule has 2 amide bonds. The monoisotopic (exact) mass is 450 g/mol. The van der Waals surface area contributed by atoms with Crippen LogP contribution in [0.3, 0.4) is 0 Å². The largest absolute Gasteiger partial charge is 0.453 e. The molecule has 0 aliphatic heterocycles. The number of alkyl carbamates (subject to hydrolysis) is 1. The predicted octanol–water partition coefficient (Wildman–Crippen LogP) is 5.54. The molecule has 0 aromatic heterocycles. The van der Waals surface area contributed by atoms with Crippen LogP contribution in [0.1, 0.15) is 34.0 Å². The fraction of sp³-hybridized carbons (Fsp3) is 0.231. The van der Waals surface area contributed by atoms with E-state index in [1.165, 1.54) is 19.2 Å². The number of alkyl halides is 2. The number of ether oxygens (including phenoxy) is 1. The van der Waals surface area contributed by atoms with E-state index in [9.17, 15) is 18.4 Å². The summed E-state index contributed by atoms with van der Waals surface area (Å²) >= 11 is 0. The van der Waals surface area contributed by atoms with Crippen LogP contribution in [0.15, 0.2) is 66.7 Å². The lowest BCUT2D eigenvalue weighted by atomic mass is 9.97. The molecule has 3 aromatic carbocycles. The number of halogens is 2. The first kappa shape index (κ1) is 22.5. The van der Waals surface area contributed by atoms with Crippen molar-refractivity contribution < 1.29 is 23.1 Å². The standard InChI is InChI=1S/C26H24F2N2O3/c1-26(27,28)19-10-7-16(8-11-19)22-5-3-4-6-23(22)24(31)29-20-12-9-17-13-21(15-18(17)14-20)30-25(32)33-2/h3-12,14,21H,13,15H2,1-2H3,(H,29,31)(H,30,32)/t21-/m1/s1. The van der Waals surface area contributed by atoms with E-state index in [1.54, 1.807) is 36.4 Å². The van der Waals surface area contributed by atoms with Crippen LogP contribution in [0, 0.1) is 0 Å². The maximum absolute atomic E-state index is 13.5. The minimum absolute atomic E-state index is 0.0439. The maximum atomic E-state index is 13.5. The Kier molecular flexibility index (Phi) is 6.14. The van der Waals surface area contributed by atoms with Crippen LogP contribution in [0.2, 0.25) is 0 Å². The Bertz CT molecular complexity index is 1190. The van der Waals surface area contributed by atoms with Crippen molar-refractivity contribution in [2.75, 3.05) is 12.4 Å². The minimum Gasteiger partial charge on any atom is -0.453 e. The SMILES string of the molecule is COC(=O)N[C@@H]1Cc2ccc(NC(=O)c3ccccc3-c3ccc(C(C)(F)F)cc3)cc2C1. The smallest absolute Gasteiger partial charge is 0.407 e. The third-order valence-electron chi connectivity index (χ3n) is 5.78. The summed E-state index contributed by atoms with van der Waals surface area (Å²) in [6.07, 6.45) is 0.890. The van der Waals surface area contributed by atoms with Crippen molar-refractivity contribution in [3.05, 3.63) is 89.0 Å². The average Bonchev–Trinajstić information content (AvgIpc) is 3.20. The zero-order chi connectivity index (χ0) is 23.6. The van der Waals surface area contributed by atoms with Gasteiger partial charge in [0.1, 0.15) is 0 Å².